The summed E-state index contributed by atoms with van der Waals surface area (Å²) in [5, 5.41) is 3.24. The van der Waals surface area contributed by atoms with Gasteiger partial charge in [-0.3, -0.25) is 0 Å². The first-order valence-corrected chi connectivity index (χ1v) is 7.10. The molecule has 0 radical (unpaired) electrons. The third-order valence-electron chi connectivity index (χ3n) is 3.62. The number of hydrogen-bond donors (Lipinski definition) is 1. The molecule has 2 unspecified atom stereocenters. The Morgan fingerprint density at radius 1 is 1.33 bits per heavy atom. The van der Waals surface area contributed by atoms with Crippen molar-refractivity contribution < 1.29 is 22.6 Å². The predicted octanol–water partition coefficient (Wildman–Crippen LogP) is 3.28. The Bertz CT molecular complexity index is 428. The number of ether oxygens (including phenoxy) is 2. The summed E-state index contributed by atoms with van der Waals surface area (Å²) in [6, 6.07) is 6.29. The summed E-state index contributed by atoms with van der Waals surface area (Å²) in [4.78, 5) is 0. The number of halogens is 3. The Morgan fingerprint density at radius 2 is 2.05 bits per heavy atom. The third-order valence-corrected chi connectivity index (χ3v) is 3.62. The van der Waals surface area contributed by atoms with Crippen molar-refractivity contribution in [2.75, 3.05) is 13.7 Å². The summed E-state index contributed by atoms with van der Waals surface area (Å²) >= 11 is 0. The van der Waals surface area contributed by atoms with Gasteiger partial charge in [-0.25, -0.2) is 0 Å². The van der Waals surface area contributed by atoms with Crippen molar-refractivity contribution in [3.63, 3.8) is 0 Å². The van der Waals surface area contributed by atoms with Crippen molar-refractivity contribution in [3.8, 4) is 5.75 Å². The van der Waals surface area contributed by atoms with Gasteiger partial charge >= 0.3 is 6.36 Å². The smallest absolute Gasteiger partial charge is 0.406 e. The zero-order valence-corrected chi connectivity index (χ0v) is 12.0. The molecule has 1 heterocycles. The van der Waals surface area contributed by atoms with Gasteiger partial charge in [0.05, 0.1) is 6.10 Å². The molecular formula is C15H20F3NO2. The second-order valence-corrected chi connectivity index (χ2v) is 5.25. The highest BCUT2D eigenvalue weighted by molar-refractivity contribution is 5.28. The molecule has 6 heteroatoms. The molecule has 0 aromatic heterocycles. The van der Waals surface area contributed by atoms with Gasteiger partial charge in [-0.15, -0.1) is 13.2 Å². The summed E-state index contributed by atoms with van der Waals surface area (Å²) in [7, 11) is 1.89. The molecule has 2 rings (SSSR count). The van der Waals surface area contributed by atoms with E-state index in [1.54, 1.807) is 12.1 Å². The van der Waals surface area contributed by atoms with Gasteiger partial charge < -0.3 is 14.8 Å². The van der Waals surface area contributed by atoms with Gasteiger partial charge in [-0.2, -0.15) is 0 Å². The first-order chi connectivity index (χ1) is 9.96. The van der Waals surface area contributed by atoms with Crippen LogP contribution in [0.5, 0.6) is 5.75 Å². The molecule has 3 nitrogen and oxygen atoms in total. The van der Waals surface area contributed by atoms with E-state index in [1.807, 2.05) is 7.05 Å². The monoisotopic (exact) mass is 303 g/mol. The molecule has 1 saturated heterocycles. The standard InChI is InChI=1S/C15H20F3NO2/c1-19-12(10-14-3-2-8-20-14)9-11-4-6-13(7-5-11)21-15(16,17)18/h4-7,12,14,19H,2-3,8-10H2,1H3. The average Bonchev–Trinajstić information content (AvgIpc) is 2.91. The summed E-state index contributed by atoms with van der Waals surface area (Å²) in [5.41, 5.74) is 0.974. The largest absolute Gasteiger partial charge is 0.573 e. The van der Waals surface area contributed by atoms with Crippen LogP contribution in [0.25, 0.3) is 0 Å². The van der Waals surface area contributed by atoms with E-state index in [4.69, 9.17) is 4.74 Å². The quantitative estimate of drug-likeness (QED) is 0.875. The van der Waals surface area contributed by atoms with Crippen molar-refractivity contribution in [1.82, 2.24) is 5.32 Å². The highest BCUT2D eigenvalue weighted by Gasteiger charge is 2.31. The molecule has 1 aliphatic rings. The number of rotatable bonds is 6. The fraction of sp³-hybridized carbons (Fsp3) is 0.600. The van der Waals surface area contributed by atoms with E-state index in [2.05, 4.69) is 10.1 Å². The molecule has 2 atom stereocenters. The first-order valence-electron chi connectivity index (χ1n) is 7.10. The van der Waals surface area contributed by atoms with E-state index in [9.17, 15) is 13.2 Å². The molecule has 1 aromatic carbocycles. The van der Waals surface area contributed by atoms with Crippen LogP contribution in [0.3, 0.4) is 0 Å². The van der Waals surface area contributed by atoms with Crippen LogP contribution in [0.15, 0.2) is 24.3 Å². The minimum Gasteiger partial charge on any atom is -0.406 e. The molecule has 0 bridgehead atoms. The van der Waals surface area contributed by atoms with Gasteiger partial charge in [-0.05, 0) is 50.4 Å². The Labute approximate surface area is 122 Å². The van der Waals surface area contributed by atoms with Crippen molar-refractivity contribution in [3.05, 3.63) is 29.8 Å². The van der Waals surface area contributed by atoms with Crippen molar-refractivity contribution >= 4 is 0 Å². The normalized spacial score (nSPS) is 20.5. The number of alkyl halides is 3. The zero-order chi connectivity index (χ0) is 15.3. The van der Waals surface area contributed by atoms with Gasteiger partial charge in [0.1, 0.15) is 5.75 Å². The van der Waals surface area contributed by atoms with Crippen LogP contribution in [0.4, 0.5) is 13.2 Å². The van der Waals surface area contributed by atoms with Gasteiger partial charge in [0, 0.05) is 12.6 Å². The molecule has 0 aliphatic carbocycles. The summed E-state index contributed by atoms with van der Waals surface area (Å²) < 4.78 is 45.7. The summed E-state index contributed by atoms with van der Waals surface area (Å²) in [6.07, 6.45) is -0.508. The minimum atomic E-state index is -4.64. The van der Waals surface area contributed by atoms with Crippen LogP contribution in [-0.4, -0.2) is 32.2 Å². The fourth-order valence-electron chi connectivity index (χ4n) is 2.56. The van der Waals surface area contributed by atoms with E-state index in [-0.39, 0.29) is 17.9 Å². The third kappa shape index (κ3) is 5.55. The topological polar surface area (TPSA) is 30.5 Å². The maximum atomic E-state index is 12.1. The summed E-state index contributed by atoms with van der Waals surface area (Å²) in [6.45, 7) is 0.824. The lowest BCUT2D eigenvalue weighted by Crippen LogP contribution is -2.31. The minimum absolute atomic E-state index is 0.189. The highest BCUT2D eigenvalue weighted by atomic mass is 19.4. The lowest BCUT2D eigenvalue weighted by atomic mass is 9.99. The average molecular weight is 303 g/mol. The predicted molar refractivity (Wildman–Crippen MR) is 73.3 cm³/mol. The Hall–Kier alpha value is -1.27. The second-order valence-electron chi connectivity index (χ2n) is 5.25. The number of benzene rings is 1. The van der Waals surface area contributed by atoms with Crippen LogP contribution < -0.4 is 10.1 Å². The second kappa shape index (κ2) is 7.13. The molecule has 1 fully saturated rings. The van der Waals surface area contributed by atoms with E-state index in [0.717, 1.165) is 37.9 Å². The molecule has 118 valence electrons. The highest BCUT2D eigenvalue weighted by Crippen LogP contribution is 2.24. The number of likely N-dealkylation sites (N-methyl/N-ethyl adjacent to an activating group) is 1. The molecule has 21 heavy (non-hydrogen) atoms. The molecule has 1 aromatic rings. The van der Waals surface area contributed by atoms with Crippen molar-refractivity contribution in [2.45, 2.75) is 44.2 Å². The molecule has 1 N–H and O–H groups in total. The first kappa shape index (κ1) is 16.1. The van der Waals surface area contributed by atoms with Crippen molar-refractivity contribution in [2.24, 2.45) is 0 Å². The maximum Gasteiger partial charge on any atom is 0.573 e. The Morgan fingerprint density at radius 3 is 2.57 bits per heavy atom. The van der Waals surface area contributed by atoms with Crippen LogP contribution in [0.2, 0.25) is 0 Å². The lowest BCUT2D eigenvalue weighted by Gasteiger charge is -2.20. The molecule has 1 aliphatic heterocycles. The van der Waals surface area contributed by atoms with Crippen LogP contribution in [0.1, 0.15) is 24.8 Å². The van der Waals surface area contributed by atoms with Crippen LogP contribution >= 0.6 is 0 Å². The van der Waals surface area contributed by atoms with Crippen molar-refractivity contribution in [1.29, 1.82) is 0 Å². The Kier molecular flexibility index (Phi) is 5.47. The Balaban J connectivity index is 1.88. The number of nitrogens with one attached hydrogen (secondary N) is 1. The van der Waals surface area contributed by atoms with Crippen LogP contribution in [-0.2, 0) is 11.2 Å². The summed E-state index contributed by atoms with van der Waals surface area (Å²) in [5.74, 6) is -0.189. The van der Waals surface area contributed by atoms with Gasteiger partial charge in [0.2, 0.25) is 0 Å². The number of hydrogen-bond acceptors (Lipinski definition) is 3. The van der Waals surface area contributed by atoms with Gasteiger partial charge in [-0.1, -0.05) is 12.1 Å². The maximum absolute atomic E-state index is 12.1. The fourth-order valence-corrected chi connectivity index (χ4v) is 2.56. The SMILES string of the molecule is CNC(Cc1ccc(OC(F)(F)F)cc1)CC1CCCO1. The van der Waals surface area contributed by atoms with E-state index >= 15 is 0 Å². The molecule has 0 saturated carbocycles. The molecule has 0 amide bonds. The molecular weight excluding hydrogens is 283 g/mol. The zero-order valence-electron chi connectivity index (χ0n) is 12.0. The molecule has 0 spiro atoms. The van der Waals surface area contributed by atoms with E-state index in [0.29, 0.717) is 0 Å². The van der Waals surface area contributed by atoms with E-state index in [1.165, 1.54) is 12.1 Å². The van der Waals surface area contributed by atoms with E-state index < -0.39 is 6.36 Å². The lowest BCUT2D eigenvalue weighted by molar-refractivity contribution is -0.274. The van der Waals surface area contributed by atoms with Crippen LogP contribution in [0, 0.1) is 0 Å². The van der Waals surface area contributed by atoms with Gasteiger partial charge in [0.15, 0.2) is 0 Å². The van der Waals surface area contributed by atoms with Gasteiger partial charge in [0.25, 0.3) is 0 Å².